The molecule has 108 valence electrons. The summed E-state index contributed by atoms with van der Waals surface area (Å²) < 4.78 is 13.1. The van der Waals surface area contributed by atoms with Crippen LogP contribution >= 0.6 is 0 Å². The summed E-state index contributed by atoms with van der Waals surface area (Å²) in [5.74, 6) is -0.282. The van der Waals surface area contributed by atoms with Crippen molar-refractivity contribution in [1.29, 1.82) is 0 Å². The third kappa shape index (κ3) is 3.51. The number of benzene rings is 1. The standard InChI is InChI=1S/C16H20O3Se/c1-5-18-16(17)14-8-13(9-19-14)20-15-11(3)6-10(2)7-12(15)4/h6-8,14H,5,9H2,1-4H3. The summed E-state index contributed by atoms with van der Waals surface area (Å²) in [5, 5.41) is 0. The zero-order chi connectivity index (χ0) is 14.7. The van der Waals surface area contributed by atoms with E-state index in [2.05, 4.69) is 32.9 Å². The second-order valence-electron chi connectivity index (χ2n) is 4.95. The van der Waals surface area contributed by atoms with Gasteiger partial charge in [-0.25, -0.2) is 0 Å². The van der Waals surface area contributed by atoms with E-state index in [9.17, 15) is 4.79 Å². The van der Waals surface area contributed by atoms with Gasteiger partial charge in [-0.3, -0.25) is 0 Å². The Kier molecular flexibility index (Phi) is 5.03. The molecule has 1 aromatic carbocycles. The molecule has 0 saturated heterocycles. The molecule has 1 aliphatic heterocycles. The summed E-state index contributed by atoms with van der Waals surface area (Å²) in [7, 11) is 0. The summed E-state index contributed by atoms with van der Waals surface area (Å²) in [5.41, 5.74) is 3.94. The van der Waals surface area contributed by atoms with Crippen LogP contribution < -0.4 is 4.46 Å². The van der Waals surface area contributed by atoms with Gasteiger partial charge in [0.2, 0.25) is 0 Å². The Hall–Kier alpha value is -1.09. The molecule has 4 heteroatoms. The van der Waals surface area contributed by atoms with Crippen molar-refractivity contribution in [3.05, 3.63) is 39.4 Å². The van der Waals surface area contributed by atoms with E-state index in [1.807, 2.05) is 6.08 Å². The number of aryl methyl sites for hydroxylation is 3. The van der Waals surface area contributed by atoms with Crippen molar-refractivity contribution < 1.29 is 14.3 Å². The van der Waals surface area contributed by atoms with Crippen molar-refractivity contribution in [3.8, 4) is 0 Å². The van der Waals surface area contributed by atoms with Crippen LogP contribution in [-0.2, 0) is 14.3 Å². The van der Waals surface area contributed by atoms with Gasteiger partial charge >= 0.3 is 126 Å². The monoisotopic (exact) mass is 340 g/mol. The SMILES string of the molecule is CCOC(=O)C1C=C([Se]c2c(C)cc(C)cc2C)CO1. The molecule has 0 fully saturated rings. The quantitative estimate of drug-likeness (QED) is 0.620. The van der Waals surface area contributed by atoms with Crippen LogP contribution in [0, 0.1) is 20.8 Å². The Morgan fingerprint density at radius 2 is 2.00 bits per heavy atom. The first-order chi connectivity index (χ1) is 9.51. The van der Waals surface area contributed by atoms with Gasteiger partial charge in [0.05, 0.1) is 0 Å². The molecule has 2 rings (SSSR count). The van der Waals surface area contributed by atoms with E-state index in [0.717, 1.165) is 0 Å². The summed E-state index contributed by atoms with van der Waals surface area (Å²) in [6.45, 7) is 9.15. The molecule has 0 spiro atoms. The minimum absolute atomic E-state index is 0.211. The molecule has 0 saturated carbocycles. The van der Waals surface area contributed by atoms with Gasteiger partial charge in [-0.1, -0.05) is 0 Å². The molecule has 20 heavy (non-hydrogen) atoms. The Labute approximate surface area is 126 Å². The number of ether oxygens (including phenoxy) is 2. The maximum absolute atomic E-state index is 11.6. The zero-order valence-corrected chi connectivity index (χ0v) is 14.1. The van der Waals surface area contributed by atoms with Gasteiger partial charge in [-0.05, 0) is 0 Å². The zero-order valence-electron chi connectivity index (χ0n) is 12.4. The molecule has 1 atom stereocenters. The summed E-state index contributed by atoms with van der Waals surface area (Å²) in [6, 6.07) is 4.42. The average Bonchev–Trinajstić information content (AvgIpc) is 2.82. The third-order valence-electron chi connectivity index (χ3n) is 3.10. The molecule has 0 N–H and O–H groups in total. The van der Waals surface area contributed by atoms with E-state index in [-0.39, 0.29) is 20.9 Å². The number of rotatable bonds is 4. The van der Waals surface area contributed by atoms with Crippen LogP contribution in [0.1, 0.15) is 23.6 Å². The van der Waals surface area contributed by atoms with E-state index < -0.39 is 6.10 Å². The van der Waals surface area contributed by atoms with Crippen LogP contribution in [0.4, 0.5) is 0 Å². The molecule has 1 aromatic rings. The summed E-state index contributed by atoms with van der Waals surface area (Å²) >= 11 is 0.211. The van der Waals surface area contributed by atoms with E-state index in [1.165, 1.54) is 25.6 Å². The average molecular weight is 339 g/mol. The molecule has 0 radical (unpaired) electrons. The first-order valence-corrected chi connectivity index (χ1v) is 8.47. The Morgan fingerprint density at radius 1 is 1.35 bits per heavy atom. The first-order valence-electron chi connectivity index (χ1n) is 6.76. The molecule has 0 aromatic heterocycles. The van der Waals surface area contributed by atoms with E-state index in [1.54, 1.807) is 6.92 Å². The molecule has 1 aliphatic rings. The Bertz CT molecular complexity index is 526. The van der Waals surface area contributed by atoms with Gasteiger partial charge in [-0.2, -0.15) is 0 Å². The van der Waals surface area contributed by atoms with Crippen LogP contribution in [0.5, 0.6) is 0 Å². The molecule has 1 unspecified atom stereocenters. The van der Waals surface area contributed by atoms with E-state index in [0.29, 0.717) is 13.2 Å². The van der Waals surface area contributed by atoms with E-state index >= 15 is 0 Å². The third-order valence-corrected chi connectivity index (χ3v) is 5.96. The van der Waals surface area contributed by atoms with Gasteiger partial charge < -0.3 is 0 Å². The molecular weight excluding hydrogens is 319 g/mol. The van der Waals surface area contributed by atoms with Crippen molar-refractivity contribution in [2.75, 3.05) is 13.2 Å². The molecule has 0 bridgehead atoms. The van der Waals surface area contributed by atoms with Gasteiger partial charge in [0.15, 0.2) is 0 Å². The first kappa shape index (κ1) is 15.3. The van der Waals surface area contributed by atoms with Crippen molar-refractivity contribution in [2.45, 2.75) is 33.8 Å². The molecule has 3 nitrogen and oxygen atoms in total. The van der Waals surface area contributed by atoms with Crippen molar-refractivity contribution in [3.63, 3.8) is 0 Å². The molecule has 0 aliphatic carbocycles. The van der Waals surface area contributed by atoms with Crippen LogP contribution in [0.15, 0.2) is 22.7 Å². The number of esters is 1. The summed E-state index contributed by atoms with van der Waals surface area (Å²) in [4.78, 5) is 11.6. The predicted octanol–water partition coefficient (Wildman–Crippen LogP) is 1.79. The summed E-state index contributed by atoms with van der Waals surface area (Å²) in [6.07, 6.45) is 1.41. The Balaban J connectivity index is 2.12. The van der Waals surface area contributed by atoms with Gasteiger partial charge in [0.25, 0.3) is 0 Å². The molecule has 0 amide bonds. The molecular formula is C16H20O3Se. The fourth-order valence-corrected chi connectivity index (χ4v) is 4.46. The van der Waals surface area contributed by atoms with Crippen molar-refractivity contribution >= 4 is 25.4 Å². The topological polar surface area (TPSA) is 35.5 Å². The van der Waals surface area contributed by atoms with Gasteiger partial charge in [-0.15, -0.1) is 0 Å². The second kappa shape index (κ2) is 6.57. The van der Waals surface area contributed by atoms with E-state index in [4.69, 9.17) is 9.47 Å². The number of carbonyl (C=O) groups is 1. The van der Waals surface area contributed by atoms with Crippen LogP contribution in [-0.4, -0.2) is 40.2 Å². The minimum atomic E-state index is -0.516. The van der Waals surface area contributed by atoms with Gasteiger partial charge in [0, 0.05) is 0 Å². The maximum atomic E-state index is 11.6. The second-order valence-corrected chi connectivity index (χ2v) is 7.33. The number of carbonyl (C=O) groups excluding carboxylic acids is 1. The molecule has 1 heterocycles. The predicted molar refractivity (Wildman–Crippen MR) is 80.5 cm³/mol. The van der Waals surface area contributed by atoms with Crippen molar-refractivity contribution in [2.24, 2.45) is 0 Å². The normalized spacial score (nSPS) is 18.0. The van der Waals surface area contributed by atoms with Crippen LogP contribution in [0.3, 0.4) is 0 Å². The van der Waals surface area contributed by atoms with Crippen LogP contribution in [0.2, 0.25) is 0 Å². The number of hydrogen-bond acceptors (Lipinski definition) is 3. The van der Waals surface area contributed by atoms with Crippen molar-refractivity contribution in [1.82, 2.24) is 0 Å². The number of hydrogen-bond donors (Lipinski definition) is 0. The fourth-order valence-electron chi connectivity index (χ4n) is 2.32. The van der Waals surface area contributed by atoms with Gasteiger partial charge in [0.1, 0.15) is 0 Å². The fraction of sp³-hybridized carbons (Fsp3) is 0.438. The Morgan fingerprint density at radius 3 is 2.60 bits per heavy atom. The van der Waals surface area contributed by atoms with Crippen LogP contribution in [0.25, 0.3) is 0 Å².